The number of nitro benzene ring substituents is 2. The maximum absolute atomic E-state index is 11.8. The van der Waals surface area contributed by atoms with Gasteiger partial charge in [-0.15, -0.1) is 20.5 Å². The van der Waals surface area contributed by atoms with Crippen LogP contribution in [0.3, 0.4) is 0 Å². The number of benzene rings is 4. The van der Waals surface area contributed by atoms with E-state index in [1.165, 1.54) is 37.1 Å². The van der Waals surface area contributed by atoms with Crippen LogP contribution in [0.25, 0.3) is 21.8 Å². The monoisotopic (exact) mass is 960 g/mol. The summed E-state index contributed by atoms with van der Waals surface area (Å²) in [6.45, 7) is 9.16. The molecule has 0 aliphatic heterocycles. The van der Waals surface area contributed by atoms with Crippen molar-refractivity contribution in [1.82, 2.24) is 8.75 Å². The molecule has 4 aromatic carbocycles. The number of unbranched alkanes of at least 4 members (excludes halogenated alkanes) is 6. The molecule has 0 saturated heterocycles. The Balaban J connectivity index is 0.000000289. The van der Waals surface area contributed by atoms with Crippen molar-refractivity contribution in [1.29, 1.82) is 0 Å². The van der Waals surface area contributed by atoms with Crippen LogP contribution >= 0.6 is 23.1 Å². The molecule has 2 aromatic heterocycles. The van der Waals surface area contributed by atoms with Crippen molar-refractivity contribution in [2.45, 2.75) is 85.0 Å². The predicted molar refractivity (Wildman–Crippen MR) is 257 cm³/mol. The average Bonchev–Trinajstić information content (AvgIpc) is 3.93. The van der Waals surface area contributed by atoms with Crippen molar-refractivity contribution in [2.75, 3.05) is 42.6 Å². The number of carboxylic acid groups (broad SMARTS) is 1. The molecular formula is C46H53N10NaO8S2. The van der Waals surface area contributed by atoms with Gasteiger partial charge >= 0.3 is 35.5 Å². The molecule has 67 heavy (non-hydrogen) atoms. The van der Waals surface area contributed by atoms with Crippen LogP contribution in [0, 0.1) is 20.2 Å². The molecule has 0 saturated carbocycles. The summed E-state index contributed by atoms with van der Waals surface area (Å²) in [5.74, 6) is -1.26. The number of fused-ring (bicyclic) bond motifs is 2. The van der Waals surface area contributed by atoms with Crippen molar-refractivity contribution < 1.29 is 58.8 Å². The number of carbonyl (C=O) groups is 2. The van der Waals surface area contributed by atoms with Crippen molar-refractivity contribution in [3.63, 3.8) is 0 Å². The minimum absolute atomic E-state index is 0. The molecule has 6 rings (SSSR count). The Kier molecular flexibility index (Phi) is 22.8. The van der Waals surface area contributed by atoms with Crippen molar-refractivity contribution in [2.24, 2.45) is 20.5 Å². The van der Waals surface area contributed by atoms with E-state index >= 15 is 0 Å². The van der Waals surface area contributed by atoms with Gasteiger partial charge in [0, 0.05) is 85.0 Å². The molecule has 0 fully saturated rings. The van der Waals surface area contributed by atoms with Gasteiger partial charge in [0.1, 0.15) is 0 Å². The van der Waals surface area contributed by atoms with E-state index in [9.17, 15) is 34.9 Å². The number of esters is 1. The van der Waals surface area contributed by atoms with E-state index < -0.39 is 15.8 Å². The number of ether oxygens (including phenoxy) is 1. The van der Waals surface area contributed by atoms with E-state index in [1.54, 1.807) is 12.1 Å². The summed E-state index contributed by atoms with van der Waals surface area (Å²) < 4.78 is 13.6. The Morgan fingerprint density at radius 2 is 1.03 bits per heavy atom. The van der Waals surface area contributed by atoms with E-state index in [-0.39, 0.29) is 53.3 Å². The third kappa shape index (κ3) is 17.1. The van der Waals surface area contributed by atoms with Gasteiger partial charge in [-0.05, 0) is 103 Å². The van der Waals surface area contributed by atoms with Crippen LogP contribution in [0.15, 0.2) is 105 Å². The largest absolute Gasteiger partial charge is 1.00 e. The molecule has 2 heterocycles. The van der Waals surface area contributed by atoms with Gasteiger partial charge in [-0.3, -0.25) is 25.0 Å². The molecule has 0 unspecified atom stereocenters. The maximum Gasteiger partial charge on any atom is 1.00 e. The molecule has 6 aromatic rings. The topological polar surface area (TPSA) is 234 Å². The van der Waals surface area contributed by atoms with E-state index in [4.69, 9.17) is 4.74 Å². The fraction of sp³-hybridized carbons (Fsp3) is 0.391. The molecule has 0 atom stereocenters. The minimum Gasteiger partial charge on any atom is -0.550 e. The smallest absolute Gasteiger partial charge is 0.550 e. The van der Waals surface area contributed by atoms with Gasteiger partial charge in [0.15, 0.2) is 10.0 Å². The first-order valence-electron chi connectivity index (χ1n) is 22.0. The summed E-state index contributed by atoms with van der Waals surface area (Å²) in [4.78, 5) is 48.2. The summed E-state index contributed by atoms with van der Waals surface area (Å²) in [5.41, 5.74) is 4.47. The number of carbonyl (C=O) groups excluding carboxylic acids is 2. The molecule has 18 nitrogen and oxygen atoms in total. The number of hydrogen-bond acceptors (Lipinski definition) is 18. The number of aliphatic carboxylic acids is 1. The van der Waals surface area contributed by atoms with Crippen LogP contribution in [0.4, 0.5) is 44.1 Å². The SMILES string of the molecule is CCCCCCN(CCC(=O)OCC)c1ccc(N=Nc2snc3ccc([N+](=O)[O-])cc23)cc1.CCCCCCN(CCC(=O)[O-])c1ccc(N=Nc2snc3ccc([N+](=O)[O-])cc23)cc1.[Na+]. The Morgan fingerprint density at radius 3 is 1.42 bits per heavy atom. The number of anilines is 2. The number of carboxylic acids is 1. The molecule has 0 amide bonds. The number of non-ortho nitro benzene ring substituents is 2. The third-order valence-electron chi connectivity index (χ3n) is 10.3. The normalized spacial score (nSPS) is 11.1. The van der Waals surface area contributed by atoms with Crippen LogP contribution in [0.1, 0.15) is 85.0 Å². The number of azo groups is 2. The van der Waals surface area contributed by atoms with Gasteiger partial charge in [0.2, 0.25) is 0 Å². The van der Waals surface area contributed by atoms with Crippen LogP contribution in [-0.4, -0.2) is 63.3 Å². The van der Waals surface area contributed by atoms with Gasteiger partial charge in [0.25, 0.3) is 11.4 Å². The average molecular weight is 961 g/mol. The second-order valence-corrected chi connectivity index (χ2v) is 16.6. The number of hydrogen-bond donors (Lipinski definition) is 0. The van der Waals surface area contributed by atoms with Crippen molar-refractivity contribution in [3.8, 4) is 0 Å². The number of nitro groups is 2. The Labute approximate surface area is 419 Å². The van der Waals surface area contributed by atoms with Gasteiger partial charge < -0.3 is 24.4 Å². The van der Waals surface area contributed by atoms with Gasteiger partial charge in [-0.1, -0.05) is 52.4 Å². The summed E-state index contributed by atoms with van der Waals surface area (Å²) in [6.07, 6.45) is 9.28. The molecule has 0 aliphatic carbocycles. The minimum atomic E-state index is -1.06. The Morgan fingerprint density at radius 1 is 0.597 bits per heavy atom. The molecule has 0 bridgehead atoms. The quantitative estimate of drug-likeness (QED) is 0.0130. The van der Waals surface area contributed by atoms with Crippen LogP contribution in [0.5, 0.6) is 0 Å². The molecule has 0 N–H and O–H groups in total. The van der Waals surface area contributed by atoms with Crippen molar-refractivity contribution >= 4 is 101 Å². The molecule has 0 aliphatic rings. The Bertz CT molecular complexity index is 2590. The van der Waals surface area contributed by atoms with Gasteiger partial charge in [-0.2, -0.15) is 8.75 Å². The zero-order valence-electron chi connectivity index (χ0n) is 38.2. The summed E-state index contributed by atoms with van der Waals surface area (Å²) in [6, 6.07) is 24.0. The van der Waals surface area contributed by atoms with E-state index in [1.807, 2.05) is 60.4 Å². The molecule has 0 radical (unpaired) electrons. The molecule has 348 valence electrons. The molecule has 21 heteroatoms. The van der Waals surface area contributed by atoms with E-state index in [2.05, 4.69) is 48.0 Å². The van der Waals surface area contributed by atoms with Gasteiger partial charge in [-0.25, -0.2) is 0 Å². The fourth-order valence-electron chi connectivity index (χ4n) is 6.76. The number of nitrogens with zero attached hydrogens (tertiary/aromatic N) is 10. The zero-order valence-corrected chi connectivity index (χ0v) is 41.9. The molecule has 0 spiro atoms. The van der Waals surface area contributed by atoms with E-state index in [0.29, 0.717) is 69.3 Å². The van der Waals surface area contributed by atoms with Crippen LogP contribution in [0.2, 0.25) is 0 Å². The summed E-state index contributed by atoms with van der Waals surface area (Å²) in [7, 11) is 0. The number of rotatable bonds is 25. The van der Waals surface area contributed by atoms with Gasteiger partial charge in [0.05, 0.1) is 45.3 Å². The zero-order chi connectivity index (χ0) is 47.3. The summed E-state index contributed by atoms with van der Waals surface area (Å²) in [5, 5.41) is 52.2. The molecular weight excluding hydrogens is 908 g/mol. The first-order chi connectivity index (χ1) is 32.0. The summed E-state index contributed by atoms with van der Waals surface area (Å²) >= 11 is 2.28. The third-order valence-corrected chi connectivity index (χ3v) is 11.8. The fourth-order valence-corrected chi connectivity index (χ4v) is 8.12. The first-order valence-corrected chi connectivity index (χ1v) is 23.5. The van der Waals surface area contributed by atoms with Crippen molar-refractivity contribution in [3.05, 3.63) is 105 Å². The second kappa shape index (κ2) is 28.4. The standard InChI is InChI=1S/C24H29N5O4S.C22H25N5O4S.Na/c1-3-5-6-7-15-28(16-14-23(30)33-4-2)19-10-8-18(9-11-19)25-26-24-21-17-20(29(31)32)12-13-22(21)27-34-24;1-2-3-4-5-13-26(14-12-21(28)29)17-8-6-16(7-9-17)23-24-22-19-15-18(27(30)31)10-11-20(19)25-32-22;/h8-13,17H,3-7,14-16H2,1-2H3;6-11,15H,2-5,12-14H2,1H3,(H,28,29);/q;;+1/p-1. The van der Waals surface area contributed by atoms with Crippen LogP contribution in [-0.2, 0) is 14.3 Å². The predicted octanol–water partition coefficient (Wildman–Crippen LogP) is 9.11. The van der Waals surface area contributed by atoms with E-state index in [0.717, 1.165) is 86.1 Å². The maximum atomic E-state index is 11.8. The first kappa shape index (κ1) is 53.8. The van der Waals surface area contributed by atoms with Crippen LogP contribution < -0.4 is 44.5 Å². The number of aromatic nitrogens is 2. The second-order valence-electron chi connectivity index (χ2n) is 15.1. The Hall–Kier alpha value is -5.80.